The Morgan fingerprint density at radius 1 is 1.25 bits per heavy atom. The number of rotatable bonds is 2. The number of benzene rings is 2. The Morgan fingerprint density at radius 2 is 2.05 bits per heavy atom. The second-order valence-electron chi connectivity index (χ2n) is 4.27. The summed E-state index contributed by atoms with van der Waals surface area (Å²) in [6.45, 7) is 0. The van der Waals surface area contributed by atoms with Gasteiger partial charge >= 0.3 is 0 Å². The van der Waals surface area contributed by atoms with E-state index in [2.05, 4.69) is 10.3 Å². The highest BCUT2D eigenvalue weighted by Crippen LogP contribution is 2.20. The molecule has 0 aliphatic rings. The van der Waals surface area contributed by atoms with E-state index in [1.165, 1.54) is 10.7 Å². The highest BCUT2D eigenvalue weighted by Gasteiger charge is 2.11. The zero-order valence-electron chi connectivity index (χ0n) is 10.4. The van der Waals surface area contributed by atoms with Gasteiger partial charge in [0.1, 0.15) is 11.5 Å². The van der Waals surface area contributed by atoms with Crippen LogP contribution in [0.1, 0.15) is 5.56 Å². The van der Waals surface area contributed by atoms with Crippen LogP contribution in [0.4, 0.5) is 4.39 Å². The van der Waals surface area contributed by atoms with Crippen LogP contribution >= 0.6 is 0 Å². The average Bonchev–Trinajstić information content (AvgIpc) is 2.90. The van der Waals surface area contributed by atoms with E-state index in [1.807, 2.05) is 24.3 Å². The highest BCUT2D eigenvalue weighted by atomic mass is 19.1. The van der Waals surface area contributed by atoms with E-state index in [0.717, 1.165) is 10.9 Å². The van der Waals surface area contributed by atoms with Crippen molar-refractivity contribution in [3.63, 3.8) is 0 Å². The first-order valence-corrected chi connectivity index (χ1v) is 5.91. The van der Waals surface area contributed by atoms with Crippen LogP contribution in [0.15, 0.2) is 53.8 Å². The van der Waals surface area contributed by atoms with Crippen molar-refractivity contribution in [2.45, 2.75) is 0 Å². The number of fused-ring (bicyclic) bond motifs is 1. The lowest BCUT2D eigenvalue weighted by atomic mass is 10.2. The van der Waals surface area contributed by atoms with Crippen molar-refractivity contribution >= 4 is 16.7 Å². The van der Waals surface area contributed by atoms with Gasteiger partial charge in [-0.25, -0.2) is 9.07 Å². The quantitative estimate of drug-likeness (QED) is 0.324. The largest absolute Gasteiger partial charge is 0.409 e. The maximum Gasteiger partial charge on any atom is 0.170 e. The molecule has 0 aliphatic carbocycles. The van der Waals surface area contributed by atoms with Crippen molar-refractivity contribution in [1.82, 2.24) is 9.78 Å². The van der Waals surface area contributed by atoms with Gasteiger partial charge in [-0.15, -0.1) is 0 Å². The van der Waals surface area contributed by atoms with Crippen LogP contribution in [-0.4, -0.2) is 20.8 Å². The van der Waals surface area contributed by atoms with E-state index in [0.29, 0.717) is 11.3 Å². The molecule has 0 fully saturated rings. The minimum absolute atomic E-state index is 0.138. The van der Waals surface area contributed by atoms with E-state index < -0.39 is 5.82 Å². The normalized spacial score (nSPS) is 11.9. The van der Waals surface area contributed by atoms with Crippen LogP contribution in [0.3, 0.4) is 0 Å². The summed E-state index contributed by atoms with van der Waals surface area (Å²) in [6.07, 6.45) is 1.67. The van der Waals surface area contributed by atoms with E-state index in [-0.39, 0.29) is 5.84 Å². The molecule has 3 rings (SSSR count). The summed E-state index contributed by atoms with van der Waals surface area (Å²) >= 11 is 0. The number of nitrogens with zero attached hydrogens (tertiary/aromatic N) is 3. The molecule has 0 saturated carbocycles. The van der Waals surface area contributed by atoms with E-state index >= 15 is 0 Å². The van der Waals surface area contributed by atoms with Gasteiger partial charge in [0.25, 0.3) is 0 Å². The van der Waals surface area contributed by atoms with Gasteiger partial charge in [-0.3, -0.25) is 0 Å². The van der Waals surface area contributed by atoms with Gasteiger partial charge < -0.3 is 10.9 Å². The molecule has 0 aliphatic heterocycles. The van der Waals surface area contributed by atoms with Gasteiger partial charge in [0.2, 0.25) is 0 Å². The lowest BCUT2D eigenvalue weighted by Crippen LogP contribution is -2.13. The third-order valence-electron chi connectivity index (χ3n) is 3.06. The van der Waals surface area contributed by atoms with Crippen LogP contribution in [-0.2, 0) is 0 Å². The smallest absolute Gasteiger partial charge is 0.170 e. The van der Waals surface area contributed by atoms with Crippen LogP contribution < -0.4 is 5.73 Å². The number of para-hydroxylation sites is 1. The molecule has 2 aromatic carbocycles. The summed E-state index contributed by atoms with van der Waals surface area (Å²) in [7, 11) is 0. The summed E-state index contributed by atoms with van der Waals surface area (Å²) in [5.74, 6) is -0.635. The monoisotopic (exact) mass is 270 g/mol. The Hall–Kier alpha value is -2.89. The number of amidine groups is 1. The molecule has 0 saturated heterocycles. The predicted octanol–water partition coefficient (Wildman–Crippen LogP) is 2.26. The Labute approximate surface area is 113 Å². The zero-order valence-corrected chi connectivity index (χ0v) is 10.4. The molecule has 5 nitrogen and oxygen atoms in total. The van der Waals surface area contributed by atoms with Crippen LogP contribution in [0, 0.1) is 5.82 Å². The molecule has 6 heteroatoms. The Morgan fingerprint density at radius 3 is 2.80 bits per heavy atom. The predicted molar refractivity (Wildman–Crippen MR) is 73.5 cm³/mol. The van der Waals surface area contributed by atoms with Crippen molar-refractivity contribution < 1.29 is 9.60 Å². The van der Waals surface area contributed by atoms with Crippen LogP contribution in [0.5, 0.6) is 0 Å². The summed E-state index contributed by atoms with van der Waals surface area (Å²) in [6, 6.07) is 11.9. The van der Waals surface area contributed by atoms with Crippen molar-refractivity contribution in [3.8, 4) is 5.69 Å². The van der Waals surface area contributed by atoms with Crippen molar-refractivity contribution in [2.75, 3.05) is 0 Å². The molecule has 0 atom stereocenters. The molecule has 0 amide bonds. The highest BCUT2D eigenvalue weighted by molar-refractivity contribution is 5.97. The summed E-state index contributed by atoms with van der Waals surface area (Å²) in [5.41, 5.74) is 6.86. The summed E-state index contributed by atoms with van der Waals surface area (Å²) in [4.78, 5) is 0. The number of oxime groups is 1. The maximum absolute atomic E-state index is 14.2. The fourth-order valence-electron chi connectivity index (χ4n) is 2.06. The van der Waals surface area contributed by atoms with E-state index in [4.69, 9.17) is 10.9 Å². The minimum Gasteiger partial charge on any atom is -0.409 e. The number of aromatic nitrogens is 2. The SMILES string of the molecule is NC(=NO)c1ccc(-n2ncc3ccccc32)c(F)c1. The molecule has 0 radical (unpaired) electrons. The molecule has 3 aromatic rings. The van der Waals surface area contributed by atoms with Crippen molar-refractivity contribution in [1.29, 1.82) is 0 Å². The first-order chi connectivity index (χ1) is 9.70. The van der Waals surface area contributed by atoms with Gasteiger partial charge in [0.05, 0.1) is 11.7 Å². The first kappa shape index (κ1) is 12.2. The lowest BCUT2D eigenvalue weighted by molar-refractivity contribution is 0.318. The molecule has 0 spiro atoms. The topological polar surface area (TPSA) is 76.4 Å². The first-order valence-electron chi connectivity index (χ1n) is 5.91. The second-order valence-corrected chi connectivity index (χ2v) is 4.27. The van der Waals surface area contributed by atoms with E-state index in [9.17, 15) is 4.39 Å². The van der Waals surface area contributed by atoms with Crippen molar-refractivity contribution in [2.24, 2.45) is 10.9 Å². The van der Waals surface area contributed by atoms with Gasteiger partial charge in [-0.1, -0.05) is 23.4 Å². The Kier molecular flexibility index (Phi) is 2.83. The maximum atomic E-state index is 14.2. The lowest BCUT2D eigenvalue weighted by Gasteiger charge is -2.07. The van der Waals surface area contributed by atoms with Gasteiger partial charge in [-0.2, -0.15) is 5.10 Å². The average molecular weight is 270 g/mol. The van der Waals surface area contributed by atoms with Crippen LogP contribution in [0.25, 0.3) is 16.6 Å². The van der Waals surface area contributed by atoms with Crippen LogP contribution in [0.2, 0.25) is 0 Å². The molecule has 1 aromatic heterocycles. The molecular weight excluding hydrogens is 259 g/mol. The fourth-order valence-corrected chi connectivity index (χ4v) is 2.06. The Bertz CT molecular complexity index is 810. The standard InChI is InChI=1S/C14H11FN4O/c15-11-7-9(14(16)18-20)5-6-13(11)19-12-4-2-1-3-10(12)8-17-19/h1-8,20H,(H2,16,18). The second kappa shape index (κ2) is 4.65. The number of hydrogen-bond donors (Lipinski definition) is 2. The van der Waals surface area contributed by atoms with Gasteiger partial charge in [0.15, 0.2) is 5.84 Å². The third-order valence-corrected chi connectivity index (χ3v) is 3.06. The third kappa shape index (κ3) is 1.87. The zero-order chi connectivity index (χ0) is 14.1. The van der Waals surface area contributed by atoms with E-state index in [1.54, 1.807) is 18.3 Å². The molecule has 0 bridgehead atoms. The van der Waals surface area contributed by atoms with Gasteiger partial charge in [-0.05, 0) is 24.3 Å². The Balaban J connectivity index is 2.15. The molecule has 3 N–H and O–H groups in total. The molecular formula is C14H11FN4O. The summed E-state index contributed by atoms with van der Waals surface area (Å²) < 4.78 is 15.7. The fraction of sp³-hybridized carbons (Fsp3) is 0. The molecule has 20 heavy (non-hydrogen) atoms. The van der Waals surface area contributed by atoms with Gasteiger partial charge in [0, 0.05) is 10.9 Å². The minimum atomic E-state index is -0.497. The molecule has 0 unspecified atom stereocenters. The number of hydrogen-bond acceptors (Lipinski definition) is 3. The molecule has 100 valence electrons. The van der Waals surface area contributed by atoms with Crippen molar-refractivity contribution in [3.05, 3.63) is 60.0 Å². The molecule has 1 heterocycles. The number of nitrogens with two attached hydrogens (primary N) is 1. The number of halogens is 1. The summed E-state index contributed by atoms with van der Waals surface area (Å²) in [5, 5.41) is 16.6.